The van der Waals surface area contributed by atoms with E-state index in [-0.39, 0.29) is 6.10 Å². The monoisotopic (exact) mass is 331 g/mol. The molecule has 2 saturated heterocycles. The van der Waals surface area contributed by atoms with E-state index in [9.17, 15) is 0 Å². The van der Waals surface area contributed by atoms with Crippen LogP contribution in [0.4, 0.5) is 0 Å². The molecule has 2 fully saturated rings. The minimum atomic E-state index is 0.150. The summed E-state index contributed by atoms with van der Waals surface area (Å²) in [5.41, 5.74) is 8.50. The molecular weight excluding hydrogens is 302 g/mol. The zero-order valence-corrected chi connectivity index (χ0v) is 14.7. The molecule has 2 heterocycles. The predicted octanol–water partition coefficient (Wildman–Crippen LogP) is 2.85. The Labute approximate surface area is 144 Å². The summed E-state index contributed by atoms with van der Waals surface area (Å²) >= 11 is 0. The van der Waals surface area contributed by atoms with Crippen LogP contribution in [0.2, 0.25) is 0 Å². The second kappa shape index (κ2) is 8.38. The van der Waals surface area contributed by atoms with E-state index in [2.05, 4.69) is 35.0 Å². The predicted molar refractivity (Wildman–Crippen MR) is 96.4 cm³/mol. The zero-order chi connectivity index (χ0) is 16.8. The van der Waals surface area contributed by atoms with Crippen LogP contribution in [-0.4, -0.2) is 43.3 Å². The highest BCUT2D eigenvalue weighted by atomic mass is 16.5. The number of hydrogen-bond donors (Lipinski definition) is 1. The second-order valence-corrected chi connectivity index (χ2v) is 6.79. The SMILES string of the molecule is Cc1ccc(CN=C(N)N2CCCCCC2)c(OC2CCOC2)c1. The van der Waals surface area contributed by atoms with Gasteiger partial charge >= 0.3 is 0 Å². The van der Waals surface area contributed by atoms with E-state index in [1.165, 1.54) is 31.2 Å². The fourth-order valence-electron chi connectivity index (χ4n) is 3.25. The summed E-state index contributed by atoms with van der Waals surface area (Å²) in [5, 5.41) is 0. The van der Waals surface area contributed by atoms with Crippen molar-refractivity contribution >= 4 is 5.96 Å². The van der Waals surface area contributed by atoms with Crippen molar-refractivity contribution in [2.24, 2.45) is 10.7 Å². The van der Waals surface area contributed by atoms with E-state index in [4.69, 9.17) is 15.2 Å². The van der Waals surface area contributed by atoms with Gasteiger partial charge in [0.2, 0.25) is 0 Å². The fourth-order valence-corrected chi connectivity index (χ4v) is 3.25. The molecule has 0 aliphatic carbocycles. The van der Waals surface area contributed by atoms with E-state index in [0.29, 0.717) is 19.1 Å². The number of benzene rings is 1. The molecule has 0 spiro atoms. The van der Waals surface area contributed by atoms with Crippen LogP contribution in [0.1, 0.15) is 43.2 Å². The van der Waals surface area contributed by atoms with Crippen LogP contribution in [0.3, 0.4) is 0 Å². The summed E-state index contributed by atoms with van der Waals surface area (Å²) < 4.78 is 11.5. The van der Waals surface area contributed by atoms with E-state index >= 15 is 0 Å². The van der Waals surface area contributed by atoms with Crippen molar-refractivity contribution < 1.29 is 9.47 Å². The van der Waals surface area contributed by atoms with Crippen LogP contribution in [0.25, 0.3) is 0 Å². The Hall–Kier alpha value is -1.75. The van der Waals surface area contributed by atoms with Crippen molar-refractivity contribution in [2.75, 3.05) is 26.3 Å². The van der Waals surface area contributed by atoms with Gasteiger partial charge in [-0.05, 0) is 31.4 Å². The molecule has 5 nitrogen and oxygen atoms in total. The molecule has 1 aromatic rings. The van der Waals surface area contributed by atoms with Gasteiger partial charge in [-0.3, -0.25) is 0 Å². The maximum atomic E-state index is 6.22. The lowest BCUT2D eigenvalue weighted by Crippen LogP contribution is -2.38. The van der Waals surface area contributed by atoms with Crippen LogP contribution < -0.4 is 10.5 Å². The number of nitrogens with zero attached hydrogens (tertiary/aromatic N) is 2. The maximum Gasteiger partial charge on any atom is 0.191 e. The highest BCUT2D eigenvalue weighted by molar-refractivity contribution is 5.78. The molecule has 0 saturated carbocycles. The van der Waals surface area contributed by atoms with Crippen molar-refractivity contribution in [3.63, 3.8) is 0 Å². The van der Waals surface area contributed by atoms with E-state index in [1.54, 1.807) is 0 Å². The first-order valence-corrected chi connectivity index (χ1v) is 9.11. The van der Waals surface area contributed by atoms with Crippen LogP contribution in [0, 0.1) is 6.92 Å². The summed E-state index contributed by atoms with van der Waals surface area (Å²) in [5.74, 6) is 1.57. The molecule has 3 rings (SSSR count). The topological polar surface area (TPSA) is 60.1 Å². The minimum absolute atomic E-state index is 0.150. The van der Waals surface area contributed by atoms with E-state index in [1.807, 2.05) is 0 Å². The Morgan fingerprint density at radius 3 is 2.79 bits per heavy atom. The van der Waals surface area contributed by atoms with Crippen molar-refractivity contribution in [3.8, 4) is 5.75 Å². The van der Waals surface area contributed by atoms with Gasteiger partial charge in [0.1, 0.15) is 11.9 Å². The lowest BCUT2D eigenvalue weighted by Gasteiger charge is -2.21. The number of hydrogen-bond acceptors (Lipinski definition) is 3. The molecule has 0 aromatic heterocycles. The first-order chi connectivity index (χ1) is 11.7. The van der Waals surface area contributed by atoms with Crippen molar-refractivity contribution in [1.29, 1.82) is 0 Å². The van der Waals surface area contributed by atoms with Gasteiger partial charge in [0.15, 0.2) is 5.96 Å². The van der Waals surface area contributed by atoms with Crippen LogP contribution >= 0.6 is 0 Å². The molecule has 24 heavy (non-hydrogen) atoms. The summed E-state index contributed by atoms with van der Waals surface area (Å²) in [4.78, 5) is 6.85. The van der Waals surface area contributed by atoms with Gasteiger partial charge in [-0.2, -0.15) is 0 Å². The number of aryl methyl sites for hydroxylation is 1. The number of nitrogens with two attached hydrogens (primary N) is 1. The maximum absolute atomic E-state index is 6.22. The Morgan fingerprint density at radius 2 is 2.08 bits per heavy atom. The van der Waals surface area contributed by atoms with Gasteiger partial charge in [-0.15, -0.1) is 0 Å². The lowest BCUT2D eigenvalue weighted by atomic mass is 10.1. The van der Waals surface area contributed by atoms with Gasteiger partial charge in [0.25, 0.3) is 0 Å². The Bertz CT molecular complexity index is 560. The smallest absolute Gasteiger partial charge is 0.191 e. The molecular formula is C19H29N3O2. The van der Waals surface area contributed by atoms with E-state index < -0.39 is 0 Å². The highest BCUT2D eigenvalue weighted by Crippen LogP contribution is 2.24. The zero-order valence-electron chi connectivity index (χ0n) is 14.7. The van der Waals surface area contributed by atoms with Crippen LogP contribution in [0.5, 0.6) is 5.75 Å². The van der Waals surface area contributed by atoms with Crippen LogP contribution in [0.15, 0.2) is 23.2 Å². The Morgan fingerprint density at radius 1 is 1.29 bits per heavy atom. The van der Waals surface area contributed by atoms with E-state index in [0.717, 1.165) is 37.4 Å². The fraction of sp³-hybridized carbons (Fsp3) is 0.632. The number of ether oxygens (including phenoxy) is 2. The molecule has 132 valence electrons. The average molecular weight is 331 g/mol. The summed E-state index contributed by atoms with van der Waals surface area (Å²) in [6, 6.07) is 6.29. The summed E-state index contributed by atoms with van der Waals surface area (Å²) in [6.45, 7) is 6.14. The third-order valence-corrected chi connectivity index (χ3v) is 4.75. The summed E-state index contributed by atoms with van der Waals surface area (Å²) in [7, 11) is 0. The van der Waals surface area contributed by atoms with Crippen molar-refractivity contribution in [2.45, 2.75) is 51.7 Å². The molecule has 0 amide bonds. The first-order valence-electron chi connectivity index (χ1n) is 9.11. The molecule has 5 heteroatoms. The molecule has 2 aliphatic rings. The van der Waals surface area contributed by atoms with Gasteiger partial charge in [-0.1, -0.05) is 25.0 Å². The number of guanidine groups is 1. The Kier molecular flexibility index (Phi) is 5.96. The van der Waals surface area contributed by atoms with Gasteiger partial charge < -0.3 is 20.1 Å². The third-order valence-electron chi connectivity index (χ3n) is 4.75. The molecule has 1 atom stereocenters. The average Bonchev–Trinajstić information content (AvgIpc) is 2.93. The molecule has 1 aromatic carbocycles. The normalized spacial score (nSPS) is 22.5. The molecule has 0 bridgehead atoms. The van der Waals surface area contributed by atoms with Crippen molar-refractivity contribution in [1.82, 2.24) is 4.90 Å². The number of likely N-dealkylation sites (tertiary alicyclic amines) is 1. The van der Waals surface area contributed by atoms with Gasteiger partial charge in [0, 0.05) is 25.1 Å². The van der Waals surface area contributed by atoms with Gasteiger partial charge in [0.05, 0.1) is 19.8 Å². The summed E-state index contributed by atoms with van der Waals surface area (Å²) in [6.07, 6.45) is 6.10. The van der Waals surface area contributed by atoms with Gasteiger partial charge in [-0.25, -0.2) is 4.99 Å². The highest BCUT2D eigenvalue weighted by Gasteiger charge is 2.19. The number of aliphatic imine (C=N–C) groups is 1. The first kappa shape index (κ1) is 17.1. The quantitative estimate of drug-likeness (QED) is 0.681. The lowest BCUT2D eigenvalue weighted by molar-refractivity contribution is 0.140. The largest absolute Gasteiger partial charge is 0.488 e. The Balaban J connectivity index is 1.67. The standard InChI is InChI=1S/C19H29N3O2/c1-15-6-7-16(18(12-15)24-17-8-11-23-14-17)13-21-19(20)22-9-4-2-3-5-10-22/h6-7,12,17H,2-5,8-11,13-14H2,1H3,(H2,20,21). The minimum Gasteiger partial charge on any atom is -0.488 e. The second-order valence-electron chi connectivity index (χ2n) is 6.79. The molecule has 2 aliphatic heterocycles. The molecule has 1 unspecified atom stereocenters. The number of rotatable bonds is 4. The molecule has 0 radical (unpaired) electrons. The molecule has 2 N–H and O–H groups in total. The third kappa shape index (κ3) is 4.63. The van der Waals surface area contributed by atoms with Crippen LogP contribution in [-0.2, 0) is 11.3 Å². The van der Waals surface area contributed by atoms with Crippen molar-refractivity contribution in [3.05, 3.63) is 29.3 Å².